The topological polar surface area (TPSA) is 93.8 Å². The summed E-state index contributed by atoms with van der Waals surface area (Å²) in [5, 5.41) is 3.79. The number of hydrogen-bond donors (Lipinski definition) is 1. The van der Waals surface area contributed by atoms with Gasteiger partial charge in [-0.2, -0.15) is 0 Å². The van der Waals surface area contributed by atoms with Crippen molar-refractivity contribution in [1.29, 1.82) is 0 Å². The number of halogens is 1. The van der Waals surface area contributed by atoms with E-state index in [0.29, 0.717) is 29.5 Å². The minimum absolute atomic E-state index is 0.0778. The first-order chi connectivity index (χ1) is 17.4. The van der Waals surface area contributed by atoms with Crippen LogP contribution >= 0.6 is 11.6 Å². The number of aromatic nitrogens is 1. The van der Waals surface area contributed by atoms with Crippen LogP contribution in [0.15, 0.2) is 77.0 Å². The van der Waals surface area contributed by atoms with Crippen LogP contribution in [0.1, 0.15) is 16.9 Å². The fourth-order valence-electron chi connectivity index (χ4n) is 4.10. The maximum atomic E-state index is 13.1. The summed E-state index contributed by atoms with van der Waals surface area (Å²) >= 11 is 6.09. The number of ether oxygens (including phenoxy) is 1. The highest BCUT2D eigenvalue weighted by atomic mass is 35.5. The third kappa shape index (κ3) is 4.63. The smallest absolute Gasteiger partial charge is 0.331 e. The molecule has 3 heterocycles. The van der Waals surface area contributed by atoms with E-state index in [-0.39, 0.29) is 12.1 Å². The second-order valence-corrected chi connectivity index (χ2v) is 8.75. The zero-order valence-electron chi connectivity index (χ0n) is 19.4. The van der Waals surface area contributed by atoms with Crippen LogP contribution in [0.25, 0.3) is 17.0 Å². The molecule has 0 unspecified atom stereocenters. The summed E-state index contributed by atoms with van der Waals surface area (Å²) in [6.45, 7) is 2.78. The zero-order chi connectivity index (χ0) is 25.2. The van der Waals surface area contributed by atoms with Crippen LogP contribution in [0.5, 0.6) is 5.75 Å². The number of barbiturate groups is 1. The average molecular weight is 504 g/mol. The molecule has 0 atom stereocenters. The molecule has 8 nitrogen and oxygen atoms in total. The second-order valence-electron chi connectivity index (χ2n) is 8.34. The summed E-state index contributed by atoms with van der Waals surface area (Å²) in [5.74, 6) is -0.265. The van der Waals surface area contributed by atoms with Gasteiger partial charge in [0.2, 0.25) is 0 Å². The molecule has 4 amide bonds. The molecule has 1 N–H and O–H groups in total. The summed E-state index contributed by atoms with van der Waals surface area (Å²) in [5.41, 5.74) is 2.41. The predicted molar refractivity (Wildman–Crippen MR) is 134 cm³/mol. The van der Waals surface area contributed by atoms with Gasteiger partial charge in [-0.15, -0.1) is 0 Å². The van der Waals surface area contributed by atoms with Crippen LogP contribution < -0.4 is 10.1 Å². The number of benzene rings is 2. The van der Waals surface area contributed by atoms with E-state index in [1.807, 2.05) is 54.1 Å². The van der Waals surface area contributed by atoms with Gasteiger partial charge in [0, 0.05) is 27.7 Å². The summed E-state index contributed by atoms with van der Waals surface area (Å²) in [7, 11) is 0. The molecule has 0 saturated carbocycles. The van der Waals surface area contributed by atoms with Crippen molar-refractivity contribution in [2.75, 3.05) is 6.61 Å². The third-order valence-electron chi connectivity index (χ3n) is 5.93. The van der Waals surface area contributed by atoms with Crippen molar-refractivity contribution in [3.05, 3.63) is 94.5 Å². The molecule has 1 aliphatic heterocycles. The van der Waals surface area contributed by atoms with Crippen molar-refractivity contribution >= 4 is 46.4 Å². The number of hydrogen-bond acceptors (Lipinski definition) is 5. The van der Waals surface area contributed by atoms with Gasteiger partial charge >= 0.3 is 6.03 Å². The summed E-state index contributed by atoms with van der Waals surface area (Å²) < 4.78 is 13.2. The van der Waals surface area contributed by atoms with Crippen LogP contribution in [0.2, 0.25) is 5.02 Å². The molecule has 2 aromatic carbocycles. The Balaban J connectivity index is 1.40. The average Bonchev–Trinajstić information content (AvgIpc) is 3.50. The molecule has 0 bridgehead atoms. The van der Waals surface area contributed by atoms with Gasteiger partial charge in [-0.3, -0.25) is 19.8 Å². The summed E-state index contributed by atoms with van der Waals surface area (Å²) in [6, 6.07) is 15.7. The molecule has 1 aliphatic rings. The number of imide groups is 2. The number of nitrogens with one attached hydrogen (secondary N) is 1. The molecule has 9 heteroatoms. The number of nitrogens with zero attached hydrogens (tertiary/aromatic N) is 2. The number of amides is 4. The van der Waals surface area contributed by atoms with Crippen LogP contribution in [0, 0.1) is 6.92 Å². The van der Waals surface area contributed by atoms with Crippen molar-refractivity contribution in [1.82, 2.24) is 14.8 Å². The molecule has 182 valence electrons. The maximum Gasteiger partial charge on any atom is 0.331 e. The van der Waals surface area contributed by atoms with Crippen molar-refractivity contribution in [2.24, 2.45) is 0 Å². The van der Waals surface area contributed by atoms with E-state index in [2.05, 4.69) is 5.32 Å². The van der Waals surface area contributed by atoms with Crippen molar-refractivity contribution < 1.29 is 23.5 Å². The summed E-state index contributed by atoms with van der Waals surface area (Å²) in [6.07, 6.45) is 4.83. The lowest BCUT2D eigenvalue weighted by molar-refractivity contribution is -0.130. The van der Waals surface area contributed by atoms with Crippen LogP contribution in [0.4, 0.5) is 4.79 Å². The molecule has 5 rings (SSSR count). The largest absolute Gasteiger partial charge is 0.492 e. The molecule has 1 saturated heterocycles. The fourth-order valence-corrected chi connectivity index (χ4v) is 4.21. The molecular weight excluding hydrogens is 482 g/mol. The van der Waals surface area contributed by atoms with Gasteiger partial charge in [0.15, 0.2) is 0 Å². The lowest BCUT2D eigenvalue weighted by atomic mass is 10.1. The van der Waals surface area contributed by atoms with Gasteiger partial charge in [-0.1, -0.05) is 29.8 Å². The lowest BCUT2D eigenvalue weighted by Crippen LogP contribution is -2.53. The van der Waals surface area contributed by atoms with Gasteiger partial charge in [-0.25, -0.2) is 4.79 Å². The van der Waals surface area contributed by atoms with E-state index in [1.54, 1.807) is 18.2 Å². The van der Waals surface area contributed by atoms with E-state index in [1.165, 1.54) is 12.3 Å². The highest BCUT2D eigenvalue weighted by molar-refractivity contribution is 6.31. The van der Waals surface area contributed by atoms with E-state index in [4.69, 9.17) is 20.8 Å². The van der Waals surface area contributed by atoms with Crippen LogP contribution in [-0.4, -0.2) is 33.9 Å². The second kappa shape index (κ2) is 9.75. The number of furan rings is 1. The molecule has 36 heavy (non-hydrogen) atoms. The molecule has 0 aliphatic carbocycles. The third-order valence-corrected chi connectivity index (χ3v) is 6.35. The maximum absolute atomic E-state index is 13.1. The van der Waals surface area contributed by atoms with Gasteiger partial charge < -0.3 is 13.7 Å². The van der Waals surface area contributed by atoms with Crippen molar-refractivity contribution in [2.45, 2.75) is 20.0 Å². The van der Waals surface area contributed by atoms with Crippen LogP contribution in [0.3, 0.4) is 0 Å². The SMILES string of the molecule is Cc1cc(OCCn2cc(C=C3C(=O)NC(=O)N(Cc4ccco4)C3=O)c3ccccc32)ccc1Cl. The molecular formula is C27H22ClN3O5. The molecule has 2 aromatic heterocycles. The first kappa shape index (κ1) is 23.4. The van der Waals surface area contributed by atoms with Crippen molar-refractivity contribution in [3.63, 3.8) is 0 Å². The minimum atomic E-state index is -0.782. The first-order valence-electron chi connectivity index (χ1n) is 11.3. The van der Waals surface area contributed by atoms with Gasteiger partial charge in [0.25, 0.3) is 11.8 Å². The number of fused-ring (bicyclic) bond motifs is 1. The Morgan fingerprint density at radius 3 is 2.69 bits per heavy atom. The van der Waals surface area contributed by atoms with E-state index in [0.717, 1.165) is 27.1 Å². The fraction of sp³-hybridized carbons (Fsp3) is 0.148. The predicted octanol–water partition coefficient (Wildman–Crippen LogP) is 4.94. The molecule has 0 radical (unpaired) electrons. The van der Waals surface area contributed by atoms with E-state index >= 15 is 0 Å². The Hall–Kier alpha value is -4.30. The van der Waals surface area contributed by atoms with E-state index < -0.39 is 17.8 Å². The molecule has 0 spiro atoms. The zero-order valence-corrected chi connectivity index (χ0v) is 20.1. The number of urea groups is 1. The minimum Gasteiger partial charge on any atom is -0.492 e. The highest BCUT2D eigenvalue weighted by Gasteiger charge is 2.36. The Bertz CT molecular complexity index is 1500. The van der Waals surface area contributed by atoms with Crippen LogP contribution in [-0.2, 0) is 22.7 Å². The van der Waals surface area contributed by atoms with Crippen molar-refractivity contribution in [3.8, 4) is 5.75 Å². The van der Waals surface area contributed by atoms with E-state index in [9.17, 15) is 14.4 Å². The number of carbonyl (C=O) groups excluding carboxylic acids is 3. The number of carbonyl (C=O) groups is 3. The Morgan fingerprint density at radius 1 is 1.08 bits per heavy atom. The van der Waals surface area contributed by atoms with Gasteiger partial charge in [0.05, 0.1) is 19.4 Å². The van der Waals surface area contributed by atoms with Gasteiger partial charge in [-0.05, 0) is 55.0 Å². The number of rotatable bonds is 7. The number of aryl methyl sites for hydroxylation is 1. The Labute approximate surface area is 211 Å². The molecule has 1 fully saturated rings. The van der Waals surface area contributed by atoms with Gasteiger partial charge in [0.1, 0.15) is 23.7 Å². The quantitative estimate of drug-likeness (QED) is 0.285. The monoisotopic (exact) mass is 503 g/mol. The Morgan fingerprint density at radius 2 is 1.92 bits per heavy atom. The highest BCUT2D eigenvalue weighted by Crippen LogP contribution is 2.26. The normalized spacial score (nSPS) is 15.1. The summed E-state index contributed by atoms with van der Waals surface area (Å²) in [4.78, 5) is 38.9. The standard InChI is InChI=1S/C27H22ClN3O5/c1-17-13-19(8-9-23(17)28)36-12-10-30-15-18(21-6-2-3-7-24(21)30)14-22-25(32)29-27(34)31(26(22)33)16-20-5-4-11-35-20/h2-9,11,13-15H,10,12,16H2,1H3,(H,29,32,34). The Kier molecular flexibility index (Phi) is 6.35. The first-order valence-corrected chi connectivity index (χ1v) is 11.7. The molecule has 4 aromatic rings. The number of para-hydroxylation sites is 1. The lowest BCUT2D eigenvalue weighted by Gasteiger charge is -2.25.